The van der Waals surface area contributed by atoms with Crippen molar-refractivity contribution in [1.29, 1.82) is 0 Å². The Labute approximate surface area is 131 Å². The van der Waals surface area contributed by atoms with Gasteiger partial charge in [-0.2, -0.15) is 0 Å². The third-order valence-corrected chi connectivity index (χ3v) is 5.65. The Bertz CT molecular complexity index is 448. The van der Waals surface area contributed by atoms with Crippen LogP contribution in [0.5, 0.6) is 0 Å². The second kappa shape index (κ2) is 5.84. The van der Waals surface area contributed by atoms with Gasteiger partial charge in [-0.05, 0) is 56.8 Å². The van der Waals surface area contributed by atoms with Gasteiger partial charge in [-0.25, -0.2) is 0 Å². The molecule has 5 nitrogen and oxygen atoms in total. The molecule has 0 aromatic carbocycles. The fourth-order valence-corrected chi connectivity index (χ4v) is 5.19. The summed E-state index contributed by atoms with van der Waals surface area (Å²) in [6, 6.07) is 0. The maximum Gasteiger partial charge on any atom is 0.312 e. The predicted molar refractivity (Wildman–Crippen MR) is 80.9 cm³/mol. The zero-order valence-electron chi connectivity index (χ0n) is 13.4. The largest absolute Gasteiger partial charge is 0.455 e. The van der Waals surface area contributed by atoms with Crippen molar-refractivity contribution in [3.8, 4) is 0 Å². The van der Waals surface area contributed by atoms with Gasteiger partial charge in [0.2, 0.25) is 0 Å². The number of carbonyl (C=O) groups is 2. The highest BCUT2D eigenvalue weighted by Gasteiger charge is 2.60. The van der Waals surface area contributed by atoms with Crippen LogP contribution < -0.4 is 5.32 Å². The van der Waals surface area contributed by atoms with Gasteiger partial charge in [0, 0.05) is 6.54 Å². The lowest BCUT2D eigenvalue weighted by Crippen LogP contribution is -2.58. The van der Waals surface area contributed by atoms with Crippen LogP contribution in [0.2, 0.25) is 0 Å². The molecular formula is C17H27NO4. The molecule has 4 aliphatic rings. The summed E-state index contributed by atoms with van der Waals surface area (Å²) in [6.45, 7) is 2.49. The summed E-state index contributed by atoms with van der Waals surface area (Å²) in [4.78, 5) is 24.2. The van der Waals surface area contributed by atoms with Crippen LogP contribution in [0.1, 0.15) is 58.3 Å². The van der Waals surface area contributed by atoms with E-state index in [1.54, 1.807) is 0 Å². The van der Waals surface area contributed by atoms with Gasteiger partial charge in [-0.1, -0.05) is 13.3 Å². The molecule has 2 unspecified atom stereocenters. The minimum Gasteiger partial charge on any atom is -0.455 e. The van der Waals surface area contributed by atoms with Gasteiger partial charge in [0.1, 0.15) is 0 Å². The molecule has 1 amide bonds. The van der Waals surface area contributed by atoms with Crippen LogP contribution in [-0.4, -0.2) is 35.7 Å². The first-order chi connectivity index (χ1) is 10.4. The average Bonchev–Trinajstić information content (AvgIpc) is 2.42. The molecule has 0 saturated heterocycles. The summed E-state index contributed by atoms with van der Waals surface area (Å²) >= 11 is 0. The summed E-state index contributed by atoms with van der Waals surface area (Å²) in [5.74, 6) is 0.380. The molecule has 5 heteroatoms. The number of aliphatic hydroxyl groups is 1. The second-order valence-corrected chi connectivity index (χ2v) is 7.75. The molecule has 124 valence electrons. The van der Waals surface area contributed by atoms with Gasteiger partial charge in [-0.15, -0.1) is 0 Å². The zero-order chi connectivity index (χ0) is 15.8. The van der Waals surface area contributed by atoms with Crippen molar-refractivity contribution in [3.63, 3.8) is 0 Å². The lowest BCUT2D eigenvalue weighted by atomic mass is 9.48. The van der Waals surface area contributed by atoms with Crippen LogP contribution in [0.25, 0.3) is 0 Å². The molecule has 0 radical (unpaired) electrons. The van der Waals surface area contributed by atoms with Crippen LogP contribution >= 0.6 is 0 Å². The molecule has 0 spiro atoms. The smallest absolute Gasteiger partial charge is 0.312 e. The molecule has 0 aromatic rings. The van der Waals surface area contributed by atoms with Gasteiger partial charge in [-0.3, -0.25) is 9.59 Å². The predicted octanol–water partition coefficient (Wildman–Crippen LogP) is 1.78. The minimum atomic E-state index is -0.674. The van der Waals surface area contributed by atoms with E-state index in [-0.39, 0.29) is 18.5 Å². The average molecular weight is 309 g/mol. The molecule has 4 saturated carbocycles. The lowest BCUT2D eigenvalue weighted by molar-refractivity contribution is -0.196. The van der Waals surface area contributed by atoms with Crippen molar-refractivity contribution in [2.45, 2.75) is 63.9 Å². The minimum absolute atomic E-state index is 0.196. The van der Waals surface area contributed by atoms with Crippen LogP contribution in [0.15, 0.2) is 0 Å². The standard InChI is InChI=1S/C17H27NO4/c1-2-3-4-18-14(19)10-22-15(20)16-6-12-5-13(7-16)9-17(21,8-12)11-16/h12-13,21H,2-11H2,1H3,(H,18,19)/t12-,13+,16?,17?. The fourth-order valence-electron chi connectivity index (χ4n) is 5.19. The first kappa shape index (κ1) is 15.8. The molecule has 0 aromatic heterocycles. The normalized spacial score (nSPS) is 38.8. The number of amides is 1. The van der Waals surface area contributed by atoms with Crippen molar-refractivity contribution in [2.24, 2.45) is 17.3 Å². The van der Waals surface area contributed by atoms with E-state index >= 15 is 0 Å². The van der Waals surface area contributed by atoms with E-state index in [0.717, 1.165) is 44.9 Å². The Kier molecular flexibility index (Phi) is 4.19. The molecular weight excluding hydrogens is 282 g/mol. The maximum absolute atomic E-state index is 12.6. The van der Waals surface area contributed by atoms with Crippen LogP contribution in [0.4, 0.5) is 0 Å². The molecule has 4 atom stereocenters. The number of hydrogen-bond acceptors (Lipinski definition) is 4. The SMILES string of the molecule is CCCCNC(=O)COC(=O)C12C[C@@H]3C[C@@H](CC(O)(C3)C1)C2. The summed E-state index contributed by atoms with van der Waals surface area (Å²) in [5, 5.41) is 13.4. The number of esters is 1. The lowest BCUT2D eigenvalue weighted by Gasteiger charge is -2.58. The van der Waals surface area contributed by atoms with Gasteiger partial charge < -0.3 is 15.2 Å². The Balaban J connectivity index is 1.55. The van der Waals surface area contributed by atoms with Gasteiger partial charge in [0.15, 0.2) is 6.61 Å². The highest BCUT2D eigenvalue weighted by atomic mass is 16.5. The van der Waals surface area contributed by atoms with E-state index in [9.17, 15) is 14.7 Å². The molecule has 22 heavy (non-hydrogen) atoms. The Morgan fingerprint density at radius 2 is 1.91 bits per heavy atom. The maximum atomic E-state index is 12.6. The number of carbonyl (C=O) groups excluding carboxylic acids is 2. The molecule has 0 aliphatic heterocycles. The topological polar surface area (TPSA) is 75.6 Å². The Hall–Kier alpha value is -1.10. The van der Waals surface area contributed by atoms with Crippen molar-refractivity contribution < 1.29 is 19.4 Å². The molecule has 2 N–H and O–H groups in total. The van der Waals surface area contributed by atoms with Crippen LogP contribution in [-0.2, 0) is 14.3 Å². The highest BCUT2D eigenvalue weighted by molar-refractivity contribution is 5.83. The molecule has 4 fully saturated rings. The van der Waals surface area contributed by atoms with Crippen LogP contribution in [0.3, 0.4) is 0 Å². The molecule has 4 rings (SSSR count). The quantitative estimate of drug-likeness (QED) is 0.579. The number of unbranched alkanes of at least 4 members (excludes halogenated alkanes) is 1. The highest BCUT2D eigenvalue weighted by Crippen LogP contribution is 2.61. The number of ether oxygens (including phenoxy) is 1. The van der Waals surface area contributed by atoms with Crippen molar-refractivity contribution >= 4 is 11.9 Å². The molecule has 0 heterocycles. The summed E-state index contributed by atoms with van der Waals surface area (Å²) < 4.78 is 5.30. The van der Waals surface area contributed by atoms with E-state index in [4.69, 9.17) is 4.74 Å². The number of nitrogens with one attached hydrogen (secondary N) is 1. The van der Waals surface area contributed by atoms with Crippen molar-refractivity contribution in [1.82, 2.24) is 5.32 Å². The third-order valence-electron chi connectivity index (χ3n) is 5.65. The summed E-state index contributed by atoms with van der Waals surface area (Å²) in [6.07, 6.45) is 6.90. The van der Waals surface area contributed by atoms with Crippen molar-refractivity contribution in [3.05, 3.63) is 0 Å². The number of rotatable bonds is 6. The Morgan fingerprint density at radius 1 is 1.23 bits per heavy atom. The molecule has 4 bridgehead atoms. The van der Waals surface area contributed by atoms with E-state index < -0.39 is 11.0 Å². The zero-order valence-corrected chi connectivity index (χ0v) is 13.4. The molecule has 4 aliphatic carbocycles. The van der Waals surface area contributed by atoms with Gasteiger partial charge >= 0.3 is 5.97 Å². The van der Waals surface area contributed by atoms with E-state index in [1.807, 2.05) is 0 Å². The van der Waals surface area contributed by atoms with E-state index in [1.165, 1.54) is 0 Å². The van der Waals surface area contributed by atoms with E-state index in [2.05, 4.69) is 12.2 Å². The van der Waals surface area contributed by atoms with Crippen LogP contribution in [0, 0.1) is 17.3 Å². The third kappa shape index (κ3) is 3.00. The summed E-state index contributed by atoms with van der Waals surface area (Å²) in [5.41, 5.74) is -1.21. The van der Waals surface area contributed by atoms with Gasteiger partial charge in [0.25, 0.3) is 5.91 Å². The van der Waals surface area contributed by atoms with Gasteiger partial charge in [0.05, 0.1) is 11.0 Å². The second-order valence-electron chi connectivity index (χ2n) is 7.75. The van der Waals surface area contributed by atoms with E-state index in [0.29, 0.717) is 24.8 Å². The monoisotopic (exact) mass is 309 g/mol. The first-order valence-electron chi connectivity index (χ1n) is 8.61. The van der Waals surface area contributed by atoms with Crippen molar-refractivity contribution in [2.75, 3.05) is 13.2 Å². The first-order valence-corrected chi connectivity index (χ1v) is 8.61. The fraction of sp³-hybridized carbons (Fsp3) is 0.882. The Morgan fingerprint density at radius 3 is 2.50 bits per heavy atom. The summed E-state index contributed by atoms with van der Waals surface area (Å²) in [7, 11) is 0. The number of hydrogen-bond donors (Lipinski definition) is 2.